The van der Waals surface area contributed by atoms with Crippen LogP contribution in [0.2, 0.25) is 0 Å². The first-order valence-electron chi connectivity index (χ1n) is 4.61. The number of hydrogen-bond acceptors (Lipinski definition) is 5. The van der Waals surface area contributed by atoms with Gasteiger partial charge in [0.1, 0.15) is 5.71 Å². The zero-order chi connectivity index (χ0) is 12.7. The molecule has 0 bridgehead atoms. The molecule has 0 fully saturated rings. The molecular weight excluding hydrogens is 246 g/mol. The van der Waals surface area contributed by atoms with Crippen molar-refractivity contribution in [2.24, 2.45) is 5.16 Å². The van der Waals surface area contributed by atoms with Crippen molar-refractivity contribution < 1.29 is 23.3 Å². The van der Waals surface area contributed by atoms with Crippen LogP contribution in [-0.2, 0) is 10.1 Å². The van der Waals surface area contributed by atoms with Crippen molar-refractivity contribution in [1.29, 1.82) is 0 Å². The monoisotopic (exact) mass is 255 g/mol. The van der Waals surface area contributed by atoms with Crippen LogP contribution in [0.3, 0.4) is 0 Å². The van der Waals surface area contributed by atoms with Gasteiger partial charge >= 0.3 is 10.1 Å². The summed E-state index contributed by atoms with van der Waals surface area (Å²) in [7, 11) is -4.85. The summed E-state index contributed by atoms with van der Waals surface area (Å²) >= 11 is 0. The fourth-order valence-electron chi connectivity index (χ4n) is 1.67. The zero-order valence-electron chi connectivity index (χ0n) is 8.48. The van der Waals surface area contributed by atoms with Gasteiger partial charge < -0.3 is 10.3 Å². The molecular formula is C10H9NO5S. The van der Waals surface area contributed by atoms with Gasteiger partial charge in [0, 0.05) is 5.56 Å². The van der Waals surface area contributed by atoms with Crippen molar-refractivity contribution >= 4 is 21.9 Å². The van der Waals surface area contributed by atoms with Crippen molar-refractivity contribution in [2.45, 2.75) is 4.93 Å². The SMILES string of the molecule is O=S(=O)(O)[C@@]1(O)C=Cc2ccccc2C1=NO. The second kappa shape index (κ2) is 3.66. The van der Waals surface area contributed by atoms with E-state index in [1.54, 1.807) is 18.2 Å². The molecule has 0 aliphatic heterocycles. The summed E-state index contributed by atoms with van der Waals surface area (Å²) in [5.74, 6) is 0. The van der Waals surface area contributed by atoms with Gasteiger partial charge in [-0.3, -0.25) is 4.55 Å². The highest BCUT2D eigenvalue weighted by Gasteiger charge is 2.47. The van der Waals surface area contributed by atoms with Gasteiger partial charge in [-0.25, -0.2) is 0 Å². The van der Waals surface area contributed by atoms with E-state index in [9.17, 15) is 13.5 Å². The average Bonchev–Trinajstić information content (AvgIpc) is 2.27. The van der Waals surface area contributed by atoms with Crippen LogP contribution in [0.1, 0.15) is 11.1 Å². The second-order valence-electron chi connectivity index (χ2n) is 3.54. The lowest BCUT2D eigenvalue weighted by molar-refractivity contribution is 0.216. The van der Waals surface area contributed by atoms with E-state index in [0.717, 1.165) is 6.08 Å². The van der Waals surface area contributed by atoms with Crippen LogP contribution < -0.4 is 0 Å². The van der Waals surface area contributed by atoms with Crippen molar-refractivity contribution in [3.05, 3.63) is 41.5 Å². The van der Waals surface area contributed by atoms with Gasteiger partial charge in [-0.05, 0) is 11.6 Å². The summed E-state index contributed by atoms with van der Waals surface area (Å²) in [6.07, 6.45) is 2.19. The molecule has 0 amide bonds. The minimum absolute atomic E-state index is 0.234. The Kier molecular flexibility index (Phi) is 2.53. The molecule has 7 heteroatoms. The number of rotatable bonds is 1. The van der Waals surface area contributed by atoms with Gasteiger partial charge in [-0.2, -0.15) is 8.42 Å². The lowest BCUT2D eigenvalue weighted by Gasteiger charge is -2.26. The normalized spacial score (nSPS) is 25.9. The molecule has 0 spiro atoms. The van der Waals surface area contributed by atoms with E-state index in [1.165, 1.54) is 12.1 Å². The zero-order valence-corrected chi connectivity index (χ0v) is 9.29. The molecule has 1 aliphatic carbocycles. The number of nitrogens with zero attached hydrogens (tertiary/aromatic N) is 1. The van der Waals surface area contributed by atoms with Crippen molar-refractivity contribution in [1.82, 2.24) is 0 Å². The first kappa shape index (κ1) is 11.8. The Morgan fingerprint density at radius 2 is 1.88 bits per heavy atom. The van der Waals surface area contributed by atoms with Crippen LogP contribution in [0.25, 0.3) is 6.08 Å². The topological polar surface area (TPSA) is 107 Å². The Hall–Kier alpha value is -1.70. The summed E-state index contributed by atoms with van der Waals surface area (Å²) in [4.78, 5) is -2.73. The molecule has 3 N–H and O–H groups in total. The van der Waals surface area contributed by atoms with Crippen LogP contribution >= 0.6 is 0 Å². The minimum atomic E-state index is -4.85. The number of aliphatic hydroxyl groups is 1. The molecule has 0 heterocycles. The Bertz CT molecular complexity index is 619. The summed E-state index contributed by atoms with van der Waals surface area (Å²) in [5.41, 5.74) is 0.282. The standard InChI is InChI=1S/C10H9NO5S/c12-10(17(14,15)16)6-5-7-3-1-2-4-8(7)9(10)11-13/h1-6,12-13H,(H,14,15,16)/t10-/m0/s1. The quantitative estimate of drug-likeness (QED) is 0.384. The Morgan fingerprint density at radius 1 is 1.24 bits per heavy atom. The molecule has 6 nitrogen and oxygen atoms in total. The molecule has 0 unspecified atom stereocenters. The first-order chi connectivity index (χ1) is 7.90. The lowest BCUT2D eigenvalue weighted by Crippen LogP contribution is -2.46. The third-order valence-electron chi connectivity index (χ3n) is 2.54. The highest BCUT2D eigenvalue weighted by molar-refractivity contribution is 7.88. The largest absolute Gasteiger partial charge is 0.410 e. The van der Waals surface area contributed by atoms with Gasteiger partial charge in [0.15, 0.2) is 0 Å². The Morgan fingerprint density at radius 3 is 2.47 bits per heavy atom. The molecule has 1 atom stereocenters. The average molecular weight is 255 g/mol. The van der Waals surface area contributed by atoms with E-state index in [0.29, 0.717) is 5.56 Å². The van der Waals surface area contributed by atoms with E-state index >= 15 is 0 Å². The van der Waals surface area contributed by atoms with Crippen LogP contribution in [0.15, 0.2) is 35.5 Å². The molecule has 1 aromatic rings. The highest BCUT2D eigenvalue weighted by Crippen LogP contribution is 2.29. The molecule has 17 heavy (non-hydrogen) atoms. The first-order valence-corrected chi connectivity index (χ1v) is 6.05. The van der Waals surface area contributed by atoms with Gasteiger partial charge in [0.05, 0.1) is 0 Å². The molecule has 0 radical (unpaired) electrons. The van der Waals surface area contributed by atoms with Crippen LogP contribution in [0.4, 0.5) is 0 Å². The maximum Gasteiger partial charge on any atom is 0.305 e. The van der Waals surface area contributed by atoms with Gasteiger partial charge in [-0.15, -0.1) is 0 Å². The molecule has 1 aromatic carbocycles. The fraction of sp³-hybridized carbons (Fsp3) is 0.100. The van der Waals surface area contributed by atoms with E-state index < -0.39 is 20.8 Å². The molecule has 0 saturated carbocycles. The number of hydrogen-bond donors (Lipinski definition) is 3. The third-order valence-corrected chi connectivity index (χ3v) is 3.65. The van der Waals surface area contributed by atoms with Gasteiger partial charge in [0.2, 0.25) is 0 Å². The molecule has 2 rings (SSSR count). The van der Waals surface area contributed by atoms with Crippen molar-refractivity contribution in [2.75, 3.05) is 0 Å². The van der Waals surface area contributed by atoms with E-state index in [-0.39, 0.29) is 5.56 Å². The minimum Gasteiger partial charge on any atom is -0.410 e. The second-order valence-corrected chi connectivity index (χ2v) is 5.11. The van der Waals surface area contributed by atoms with Crippen LogP contribution in [-0.4, -0.2) is 33.9 Å². The molecule has 0 saturated heterocycles. The van der Waals surface area contributed by atoms with E-state index in [1.807, 2.05) is 0 Å². The predicted molar refractivity (Wildman–Crippen MR) is 60.3 cm³/mol. The van der Waals surface area contributed by atoms with Crippen LogP contribution in [0.5, 0.6) is 0 Å². The predicted octanol–water partition coefficient (Wildman–Crippen LogP) is 0.468. The number of fused-ring (bicyclic) bond motifs is 1. The Balaban J connectivity index is 2.74. The highest BCUT2D eigenvalue weighted by atomic mass is 32.2. The summed E-state index contributed by atoms with van der Waals surface area (Å²) < 4.78 is 31.3. The van der Waals surface area contributed by atoms with E-state index in [2.05, 4.69) is 5.16 Å². The smallest absolute Gasteiger partial charge is 0.305 e. The molecule has 0 aromatic heterocycles. The molecule has 1 aliphatic rings. The summed E-state index contributed by atoms with van der Waals surface area (Å²) in [5, 5.41) is 21.5. The number of benzene rings is 1. The third kappa shape index (κ3) is 1.64. The van der Waals surface area contributed by atoms with Crippen molar-refractivity contribution in [3.8, 4) is 0 Å². The maximum absolute atomic E-state index is 11.1. The number of oxime groups is 1. The summed E-state index contributed by atoms with van der Waals surface area (Å²) in [6, 6.07) is 6.42. The lowest BCUT2D eigenvalue weighted by atomic mass is 9.93. The van der Waals surface area contributed by atoms with Gasteiger partial charge in [-0.1, -0.05) is 35.5 Å². The van der Waals surface area contributed by atoms with E-state index in [4.69, 9.17) is 9.76 Å². The van der Waals surface area contributed by atoms with Crippen LogP contribution in [0, 0.1) is 0 Å². The fourth-order valence-corrected chi connectivity index (χ4v) is 2.30. The van der Waals surface area contributed by atoms with Crippen molar-refractivity contribution in [3.63, 3.8) is 0 Å². The summed E-state index contributed by atoms with van der Waals surface area (Å²) in [6.45, 7) is 0. The maximum atomic E-state index is 11.1. The van der Waals surface area contributed by atoms with Gasteiger partial charge in [0.25, 0.3) is 4.93 Å². The Labute approximate surface area is 97.3 Å². The molecule has 90 valence electrons.